The van der Waals surface area contributed by atoms with Crippen LogP contribution in [0.1, 0.15) is 0 Å². The molecule has 0 saturated heterocycles. The molecule has 2 aromatic rings. The van der Waals surface area contributed by atoms with Crippen molar-refractivity contribution >= 4 is 29.6 Å². The van der Waals surface area contributed by atoms with Crippen LogP contribution < -0.4 is 11.1 Å². The molecule has 0 atom stereocenters. The first-order valence-electron chi connectivity index (χ1n) is 4.62. The van der Waals surface area contributed by atoms with Gasteiger partial charge in [-0.2, -0.15) is 0 Å². The van der Waals surface area contributed by atoms with E-state index in [0.717, 1.165) is 0 Å². The molecule has 0 N–H and O–H groups in total. The van der Waals surface area contributed by atoms with Gasteiger partial charge in [-0.25, -0.2) is 9.97 Å². The Morgan fingerprint density at radius 2 is 1.06 bits per heavy atom. The van der Waals surface area contributed by atoms with Gasteiger partial charge in [0.2, 0.25) is 0 Å². The number of rotatable bonds is 0. The van der Waals surface area contributed by atoms with Gasteiger partial charge in [-0.1, -0.05) is 24.3 Å². The van der Waals surface area contributed by atoms with E-state index in [4.69, 9.17) is 0 Å². The van der Waals surface area contributed by atoms with Gasteiger partial charge in [0.15, 0.2) is 0 Å². The van der Waals surface area contributed by atoms with E-state index in [-0.39, 0.29) is 40.7 Å². The fraction of sp³-hybridized carbons (Fsp3) is 0. The fourth-order valence-electron chi connectivity index (χ4n) is 0.822. The second kappa shape index (κ2) is 9.84. The summed E-state index contributed by atoms with van der Waals surface area (Å²) in [6, 6.07) is 13.1. The Balaban J connectivity index is 0.000000284. The number of hydrogen-bond donors (Lipinski definition) is 0. The summed E-state index contributed by atoms with van der Waals surface area (Å²) >= 11 is 0. The molecule has 0 aliphatic rings. The molecular formula is C12H11N2NaO2. The van der Waals surface area contributed by atoms with E-state index in [9.17, 15) is 9.59 Å². The van der Waals surface area contributed by atoms with Gasteiger partial charge in [-0.3, -0.25) is 9.59 Å². The summed E-state index contributed by atoms with van der Waals surface area (Å²) in [4.78, 5) is 27.7. The minimum atomic E-state index is -0.199. The van der Waals surface area contributed by atoms with E-state index in [1.807, 2.05) is 0 Å². The molecule has 0 saturated carbocycles. The average molecular weight is 238 g/mol. The maximum absolute atomic E-state index is 10.4. The van der Waals surface area contributed by atoms with E-state index >= 15 is 0 Å². The van der Waals surface area contributed by atoms with E-state index in [2.05, 4.69) is 9.97 Å². The topological polar surface area (TPSA) is 59.9 Å². The van der Waals surface area contributed by atoms with Crippen molar-refractivity contribution in [1.82, 2.24) is 9.97 Å². The van der Waals surface area contributed by atoms with E-state index < -0.39 is 0 Å². The summed E-state index contributed by atoms with van der Waals surface area (Å²) in [6.07, 6.45) is 2.95. The summed E-state index contributed by atoms with van der Waals surface area (Å²) in [5.74, 6) is 0. The van der Waals surface area contributed by atoms with Crippen LogP contribution >= 0.6 is 0 Å². The first kappa shape index (κ1) is 15.6. The van der Waals surface area contributed by atoms with Crippen LogP contribution in [0.25, 0.3) is 0 Å². The molecule has 0 aromatic carbocycles. The van der Waals surface area contributed by atoms with Crippen LogP contribution in [0, 0.1) is 0 Å². The monoisotopic (exact) mass is 238 g/mol. The van der Waals surface area contributed by atoms with Gasteiger partial charge < -0.3 is 0 Å². The summed E-state index contributed by atoms with van der Waals surface area (Å²) < 4.78 is 0. The molecule has 4 nitrogen and oxygen atoms in total. The third-order valence-corrected chi connectivity index (χ3v) is 1.50. The van der Waals surface area contributed by atoms with Crippen molar-refractivity contribution < 1.29 is 0 Å². The number of hydrogen-bond acceptors (Lipinski definition) is 4. The Bertz CT molecular complexity index is 455. The third-order valence-electron chi connectivity index (χ3n) is 1.50. The predicted molar refractivity (Wildman–Crippen MR) is 68.2 cm³/mol. The van der Waals surface area contributed by atoms with Crippen molar-refractivity contribution in [2.75, 3.05) is 0 Å². The normalized spacial score (nSPS) is 8.00. The summed E-state index contributed by atoms with van der Waals surface area (Å²) in [7, 11) is 0. The van der Waals surface area contributed by atoms with Gasteiger partial charge in [0, 0.05) is 24.5 Å². The molecule has 0 aliphatic carbocycles. The Labute approximate surface area is 121 Å². The molecule has 0 spiro atoms. The zero-order valence-corrected chi connectivity index (χ0v) is 8.48. The fourth-order valence-corrected chi connectivity index (χ4v) is 0.822. The molecule has 5 heteroatoms. The Hall–Kier alpha value is -1.36. The average Bonchev–Trinajstić information content (AvgIpc) is 2.64. The quantitative estimate of drug-likeness (QED) is 0.617. The first-order valence-corrected chi connectivity index (χ1v) is 4.62. The van der Waals surface area contributed by atoms with Crippen LogP contribution in [0.5, 0.6) is 0 Å². The molecule has 0 unspecified atom stereocenters. The zero-order chi connectivity index (χ0) is 11.6. The number of aromatic nitrogens is 2. The third kappa shape index (κ3) is 8.45. The summed E-state index contributed by atoms with van der Waals surface area (Å²) in [6.45, 7) is 0. The molecule has 0 bridgehead atoms. The van der Waals surface area contributed by atoms with Crippen LogP contribution in [-0.4, -0.2) is 39.5 Å². The van der Waals surface area contributed by atoms with Gasteiger partial charge >= 0.3 is 29.6 Å². The number of nitrogens with zero attached hydrogens (tertiary/aromatic N) is 2. The van der Waals surface area contributed by atoms with Crippen LogP contribution in [0.3, 0.4) is 0 Å². The molecule has 0 fully saturated rings. The van der Waals surface area contributed by atoms with Crippen molar-refractivity contribution in [2.24, 2.45) is 0 Å². The molecule has 0 radical (unpaired) electrons. The second-order valence-corrected chi connectivity index (χ2v) is 2.72. The van der Waals surface area contributed by atoms with E-state index in [1.165, 1.54) is 24.5 Å². The van der Waals surface area contributed by atoms with Gasteiger partial charge in [-0.15, -0.1) is 0 Å². The van der Waals surface area contributed by atoms with Crippen LogP contribution in [-0.2, 0) is 0 Å². The summed E-state index contributed by atoms with van der Waals surface area (Å²) in [5.41, 5.74) is -0.398. The Morgan fingerprint density at radius 3 is 1.47 bits per heavy atom. The molecule has 2 rings (SSSR count). The van der Waals surface area contributed by atoms with E-state index in [0.29, 0.717) is 0 Å². The molecule has 0 aliphatic heterocycles. The van der Waals surface area contributed by atoms with Gasteiger partial charge in [0.05, 0.1) is 0 Å². The van der Waals surface area contributed by atoms with Crippen molar-refractivity contribution in [3.63, 3.8) is 0 Å². The maximum atomic E-state index is 10.4. The summed E-state index contributed by atoms with van der Waals surface area (Å²) in [5, 5.41) is 0. The van der Waals surface area contributed by atoms with Gasteiger partial charge in [-0.05, 0) is 12.1 Å². The minimum absolute atomic E-state index is 0. The van der Waals surface area contributed by atoms with Crippen molar-refractivity contribution in [3.05, 3.63) is 81.6 Å². The Kier molecular flexibility index (Phi) is 9.05. The van der Waals surface area contributed by atoms with Crippen LogP contribution in [0.15, 0.2) is 70.5 Å². The van der Waals surface area contributed by atoms with Crippen LogP contribution in [0.4, 0.5) is 0 Å². The standard InChI is InChI=1S/2C6H5NO.Na.H/c2*8-6-4-2-1-3-5-7-6;;/h2*1-5H;;. The van der Waals surface area contributed by atoms with Crippen molar-refractivity contribution in [1.29, 1.82) is 0 Å². The van der Waals surface area contributed by atoms with Crippen molar-refractivity contribution in [3.8, 4) is 0 Å². The van der Waals surface area contributed by atoms with Crippen LogP contribution in [0.2, 0.25) is 0 Å². The van der Waals surface area contributed by atoms with Gasteiger partial charge in [0.1, 0.15) is 0 Å². The molecule has 17 heavy (non-hydrogen) atoms. The molecule has 2 heterocycles. The predicted octanol–water partition coefficient (Wildman–Crippen LogP) is 0.235. The molecule has 0 amide bonds. The Morgan fingerprint density at radius 1 is 0.647 bits per heavy atom. The molecule has 2 aromatic heterocycles. The molecule has 82 valence electrons. The SMILES string of the molecule is O=c1cccccn1.O=c1cccccn1.[NaH]. The second-order valence-electron chi connectivity index (χ2n) is 2.72. The zero-order valence-electron chi connectivity index (χ0n) is 8.48. The van der Waals surface area contributed by atoms with Gasteiger partial charge in [0.25, 0.3) is 11.1 Å². The van der Waals surface area contributed by atoms with E-state index in [1.54, 1.807) is 36.4 Å². The first-order chi connectivity index (χ1) is 7.79. The molecular weight excluding hydrogens is 227 g/mol. The van der Waals surface area contributed by atoms with Crippen molar-refractivity contribution in [2.45, 2.75) is 0 Å².